The molecule has 3 aliphatic carbocycles. The molecule has 1 nitrogen and oxygen atoms in total. The lowest BCUT2D eigenvalue weighted by molar-refractivity contribution is 0.0334. The lowest BCUT2D eigenvalue weighted by Crippen LogP contribution is -2.53. The second kappa shape index (κ2) is 4.42. The fourth-order valence-corrected chi connectivity index (χ4v) is 7.38. The van der Waals surface area contributed by atoms with E-state index in [0.717, 1.165) is 4.48 Å². The normalized spacial score (nSPS) is 41.0. The maximum atomic E-state index is 10.9. The van der Waals surface area contributed by atoms with Crippen molar-refractivity contribution < 1.29 is 5.11 Å². The van der Waals surface area contributed by atoms with Gasteiger partial charge in [0.25, 0.3) is 0 Å². The molecule has 1 N–H and O–H groups in total. The molecule has 2 fully saturated rings. The smallest absolute Gasteiger partial charge is 0.0894 e. The lowest BCUT2D eigenvalue weighted by atomic mass is 9.53. The molecule has 0 spiro atoms. The highest BCUT2D eigenvalue weighted by Crippen LogP contribution is 2.94. The van der Waals surface area contributed by atoms with Crippen LogP contribution in [0.2, 0.25) is 0 Å². The van der Waals surface area contributed by atoms with Crippen LogP contribution >= 0.6 is 15.9 Å². The Kier molecular flexibility index (Phi) is 2.75. The van der Waals surface area contributed by atoms with Gasteiger partial charge < -0.3 is 5.11 Å². The van der Waals surface area contributed by atoms with Crippen LogP contribution in [0.4, 0.5) is 0 Å². The van der Waals surface area contributed by atoms with Crippen LogP contribution in [0.5, 0.6) is 0 Å². The molecule has 24 heavy (non-hydrogen) atoms. The maximum absolute atomic E-state index is 10.9. The first-order chi connectivity index (χ1) is 11.5. The highest BCUT2D eigenvalue weighted by atomic mass is 79.9. The van der Waals surface area contributed by atoms with Crippen LogP contribution in [0.1, 0.15) is 25.0 Å². The van der Waals surface area contributed by atoms with E-state index in [4.69, 9.17) is 0 Å². The van der Waals surface area contributed by atoms with Gasteiger partial charge in [-0.15, -0.1) is 0 Å². The number of hydrogen-bond donors (Lipinski definition) is 1. The van der Waals surface area contributed by atoms with Crippen molar-refractivity contribution in [2.45, 2.75) is 30.8 Å². The molecule has 2 heteroatoms. The lowest BCUT2D eigenvalue weighted by Gasteiger charge is -2.49. The molecule has 122 valence electrons. The topological polar surface area (TPSA) is 20.2 Å². The summed E-state index contributed by atoms with van der Waals surface area (Å²) in [6, 6.07) is 21.8. The van der Waals surface area contributed by atoms with Crippen LogP contribution < -0.4 is 0 Å². The molecular weight excluding hydrogens is 360 g/mol. The van der Waals surface area contributed by atoms with E-state index in [0.29, 0.717) is 5.92 Å². The zero-order chi connectivity index (χ0) is 16.7. The molecule has 0 heterocycles. The van der Waals surface area contributed by atoms with Crippen LogP contribution in [0.3, 0.4) is 0 Å². The summed E-state index contributed by atoms with van der Waals surface area (Å²) < 4.78 is 0.964. The SMILES string of the molecule is CC1(C)[C@]2(c3ccccc3)[C@@H]3C=C(Br)[C@H](O)[C@H]3[C@]12c1ccccc1. The van der Waals surface area contributed by atoms with Crippen molar-refractivity contribution in [1.29, 1.82) is 0 Å². The van der Waals surface area contributed by atoms with Crippen molar-refractivity contribution >= 4 is 15.9 Å². The number of aliphatic hydroxyl groups is 1. The van der Waals surface area contributed by atoms with Gasteiger partial charge in [-0.1, -0.05) is 96.5 Å². The van der Waals surface area contributed by atoms with Crippen molar-refractivity contribution in [1.82, 2.24) is 0 Å². The molecule has 5 rings (SSSR count). The summed E-state index contributed by atoms with van der Waals surface area (Å²) in [4.78, 5) is 0. The van der Waals surface area contributed by atoms with Crippen LogP contribution in [0.15, 0.2) is 71.2 Å². The van der Waals surface area contributed by atoms with Gasteiger partial charge in [-0.2, -0.15) is 0 Å². The highest BCUT2D eigenvalue weighted by Gasteiger charge is 2.96. The Balaban J connectivity index is 1.79. The first-order valence-electron chi connectivity index (χ1n) is 8.67. The van der Waals surface area contributed by atoms with Gasteiger partial charge in [0.05, 0.1) is 6.10 Å². The van der Waals surface area contributed by atoms with Crippen LogP contribution in [0, 0.1) is 17.3 Å². The van der Waals surface area contributed by atoms with E-state index in [9.17, 15) is 5.11 Å². The van der Waals surface area contributed by atoms with Crippen molar-refractivity contribution in [3.8, 4) is 0 Å². The Morgan fingerprint density at radius 3 is 1.88 bits per heavy atom. The van der Waals surface area contributed by atoms with Gasteiger partial charge in [0.1, 0.15) is 0 Å². The summed E-state index contributed by atoms with van der Waals surface area (Å²) in [5, 5.41) is 10.9. The Labute approximate surface area is 151 Å². The van der Waals surface area contributed by atoms with Gasteiger partial charge in [-0.05, 0) is 22.5 Å². The predicted molar refractivity (Wildman–Crippen MR) is 100 cm³/mol. The molecule has 2 saturated carbocycles. The Bertz CT molecular complexity index is 841. The van der Waals surface area contributed by atoms with E-state index in [1.165, 1.54) is 11.1 Å². The first-order valence-corrected chi connectivity index (χ1v) is 9.47. The van der Waals surface area contributed by atoms with Gasteiger partial charge in [0.15, 0.2) is 0 Å². The predicted octanol–water partition coefficient (Wildman–Crippen LogP) is 4.80. The largest absolute Gasteiger partial charge is 0.388 e. The fraction of sp³-hybridized carbons (Fsp3) is 0.364. The Morgan fingerprint density at radius 2 is 1.33 bits per heavy atom. The molecule has 0 unspecified atom stereocenters. The van der Waals surface area contributed by atoms with Crippen molar-refractivity contribution in [3.05, 3.63) is 82.3 Å². The molecule has 0 saturated heterocycles. The van der Waals surface area contributed by atoms with E-state index < -0.39 is 6.10 Å². The molecule has 5 atom stereocenters. The van der Waals surface area contributed by atoms with Crippen LogP contribution in [-0.4, -0.2) is 11.2 Å². The third-order valence-corrected chi connectivity index (χ3v) is 8.07. The molecule has 2 aromatic carbocycles. The summed E-state index contributed by atoms with van der Waals surface area (Å²) >= 11 is 3.61. The summed E-state index contributed by atoms with van der Waals surface area (Å²) in [7, 11) is 0. The number of hydrogen-bond acceptors (Lipinski definition) is 1. The van der Waals surface area contributed by atoms with Crippen LogP contribution in [0.25, 0.3) is 0 Å². The molecular formula is C22H21BrO. The molecule has 2 aromatic rings. The molecule has 0 aromatic heterocycles. The molecule has 3 aliphatic rings. The quantitative estimate of drug-likeness (QED) is 0.792. The average molecular weight is 381 g/mol. The van der Waals surface area contributed by atoms with E-state index in [1.807, 2.05) is 0 Å². The average Bonchev–Trinajstić information content (AvgIpc) is 2.83. The monoisotopic (exact) mass is 380 g/mol. The summed E-state index contributed by atoms with van der Waals surface area (Å²) in [5.41, 5.74) is 2.96. The van der Waals surface area contributed by atoms with E-state index in [-0.39, 0.29) is 22.2 Å². The second-order valence-corrected chi connectivity index (χ2v) is 8.94. The van der Waals surface area contributed by atoms with Crippen molar-refractivity contribution in [2.24, 2.45) is 17.3 Å². The van der Waals surface area contributed by atoms with Crippen molar-refractivity contribution in [2.75, 3.05) is 0 Å². The third-order valence-electron chi connectivity index (χ3n) is 7.34. The zero-order valence-corrected chi connectivity index (χ0v) is 15.5. The highest BCUT2D eigenvalue weighted by molar-refractivity contribution is 9.11. The molecule has 0 amide bonds. The summed E-state index contributed by atoms with van der Waals surface area (Å²) in [6.07, 6.45) is 1.88. The number of aliphatic hydroxyl groups excluding tert-OH is 1. The molecule has 0 bridgehead atoms. The maximum Gasteiger partial charge on any atom is 0.0894 e. The standard InChI is InChI=1S/C22H21BrO/c1-20(2)21(14-9-5-3-6-10-14)16-13-17(23)19(24)18(16)22(20,21)15-11-7-4-8-12-15/h3-13,16,18-19,24H,1-2H3/t16-,18+,19+,21+,22-/m1/s1. The minimum Gasteiger partial charge on any atom is -0.388 e. The Hall–Kier alpha value is -1.38. The van der Waals surface area contributed by atoms with Crippen LogP contribution in [-0.2, 0) is 10.8 Å². The second-order valence-electron chi connectivity index (χ2n) is 8.02. The number of benzene rings is 2. The van der Waals surface area contributed by atoms with Gasteiger partial charge >= 0.3 is 0 Å². The van der Waals surface area contributed by atoms with E-state index in [1.54, 1.807) is 0 Å². The minimum atomic E-state index is -0.395. The zero-order valence-electron chi connectivity index (χ0n) is 13.9. The number of rotatable bonds is 2. The molecule has 0 radical (unpaired) electrons. The van der Waals surface area contributed by atoms with Gasteiger partial charge in [0, 0.05) is 21.2 Å². The van der Waals surface area contributed by atoms with E-state index >= 15 is 0 Å². The van der Waals surface area contributed by atoms with E-state index in [2.05, 4.69) is 96.5 Å². The van der Waals surface area contributed by atoms with Gasteiger partial charge in [0.2, 0.25) is 0 Å². The third kappa shape index (κ3) is 1.25. The first kappa shape index (κ1) is 14.9. The number of halogens is 1. The summed E-state index contributed by atoms with van der Waals surface area (Å²) in [5.74, 6) is 0.643. The number of allylic oxidation sites excluding steroid dienone is 1. The van der Waals surface area contributed by atoms with Gasteiger partial charge in [-0.3, -0.25) is 0 Å². The van der Waals surface area contributed by atoms with Crippen molar-refractivity contribution in [3.63, 3.8) is 0 Å². The summed E-state index contributed by atoms with van der Waals surface area (Å²) in [6.45, 7) is 4.78. The van der Waals surface area contributed by atoms with Gasteiger partial charge in [-0.25, -0.2) is 0 Å². The molecule has 0 aliphatic heterocycles. The fourth-order valence-electron chi connectivity index (χ4n) is 6.81. The number of fused-ring (bicyclic) bond motifs is 4. The Morgan fingerprint density at radius 1 is 0.833 bits per heavy atom. The minimum absolute atomic E-state index is 0.00127.